The predicted octanol–water partition coefficient (Wildman–Crippen LogP) is 2.53. The van der Waals surface area contributed by atoms with Gasteiger partial charge in [-0.15, -0.1) is 0 Å². The van der Waals surface area contributed by atoms with Crippen LogP contribution in [0.2, 0.25) is 0 Å². The Morgan fingerprint density at radius 3 is 2.64 bits per heavy atom. The molecule has 3 rings (SSSR count). The van der Waals surface area contributed by atoms with Gasteiger partial charge in [0.1, 0.15) is 6.04 Å². The third-order valence-corrected chi connectivity index (χ3v) is 4.55. The number of carboxylic acid groups (broad SMARTS) is 1. The molecule has 1 N–H and O–H groups in total. The summed E-state index contributed by atoms with van der Waals surface area (Å²) in [6, 6.07) is 2.91. The maximum absolute atomic E-state index is 13.3. The lowest BCUT2D eigenvalue weighted by Gasteiger charge is -2.33. The maximum Gasteiger partial charge on any atom is 0.326 e. The van der Waals surface area contributed by atoms with Crippen molar-refractivity contribution in [3.05, 3.63) is 35.4 Å². The molecule has 2 fully saturated rings. The minimum absolute atomic E-state index is 0.140. The van der Waals surface area contributed by atoms with E-state index >= 15 is 0 Å². The highest BCUT2D eigenvalue weighted by atomic mass is 19.2. The molecule has 1 heterocycles. The Morgan fingerprint density at radius 1 is 1.18 bits per heavy atom. The number of piperidine rings is 1. The predicted molar refractivity (Wildman–Crippen MR) is 74.2 cm³/mol. The van der Waals surface area contributed by atoms with Crippen LogP contribution in [0.15, 0.2) is 18.2 Å². The van der Waals surface area contributed by atoms with Crippen LogP contribution in [0.5, 0.6) is 0 Å². The van der Waals surface area contributed by atoms with Gasteiger partial charge in [-0.25, -0.2) is 13.6 Å². The molecule has 1 saturated heterocycles. The van der Waals surface area contributed by atoms with Gasteiger partial charge >= 0.3 is 5.97 Å². The largest absolute Gasteiger partial charge is 0.480 e. The summed E-state index contributed by atoms with van der Waals surface area (Å²) in [5.41, 5.74) is 0.598. The van der Waals surface area contributed by atoms with E-state index in [-0.39, 0.29) is 17.7 Å². The van der Waals surface area contributed by atoms with E-state index < -0.39 is 23.6 Å². The first-order valence-electron chi connectivity index (χ1n) is 7.47. The highest BCUT2D eigenvalue weighted by molar-refractivity contribution is 5.87. The molecule has 0 aromatic heterocycles. The number of carbonyl (C=O) groups is 2. The summed E-state index contributed by atoms with van der Waals surface area (Å²) in [4.78, 5) is 25.2. The second-order valence-corrected chi connectivity index (χ2v) is 6.00. The number of carbonyl (C=O) groups excluding carboxylic acids is 1. The minimum atomic E-state index is -0.974. The van der Waals surface area contributed by atoms with Crippen molar-refractivity contribution in [1.29, 1.82) is 0 Å². The highest BCUT2D eigenvalue weighted by Crippen LogP contribution is 2.49. The molecule has 1 amide bonds. The molecular formula is C16H17F2NO3. The van der Waals surface area contributed by atoms with Crippen LogP contribution < -0.4 is 0 Å². The van der Waals surface area contributed by atoms with E-state index in [1.165, 1.54) is 11.0 Å². The van der Waals surface area contributed by atoms with Gasteiger partial charge in [0.05, 0.1) is 0 Å². The topological polar surface area (TPSA) is 57.6 Å². The molecule has 6 heteroatoms. The van der Waals surface area contributed by atoms with Crippen LogP contribution in [-0.4, -0.2) is 34.5 Å². The zero-order valence-electron chi connectivity index (χ0n) is 12.0. The van der Waals surface area contributed by atoms with Crippen LogP contribution >= 0.6 is 0 Å². The van der Waals surface area contributed by atoms with Crippen molar-refractivity contribution < 1.29 is 23.5 Å². The normalized spacial score (nSPS) is 27.5. The molecule has 0 bridgehead atoms. The molecule has 2 aliphatic rings. The van der Waals surface area contributed by atoms with Gasteiger partial charge < -0.3 is 10.0 Å². The molecule has 22 heavy (non-hydrogen) atoms. The standard InChI is InChI=1S/C16H17F2NO3/c17-12-5-4-9(7-13(12)18)10-8-11(10)15(20)19-6-2-1-3-14(19)16(21)22/h4-5,7,10-11,14H,1-3,6,8H2,(H,21,22)/t10-,11-,14-/m1/s1. The molecule has 3 atom stereocenters. The van der Waals surface area contributed by atoms with Gasteiger partial charge in [0.2, 0.25) is 5.91 Å². The molecule has 118 valence electrons. The van der Waals surface area contributed by atoms with Crippen LogP contribution in [0.1, 0.15) is 37.2 Å². The monoisotopic (exact) mass is 309 g/mol. The van der Waals surface area contributed by atoms with Crippen molar-refractivity contribution in [2.24, 2.45) is 5.92 Å². The number of hydrogen-bond acceptors (Lipinski definition) is 2. The molecule has 4 nitrogen and oxygen atoms in total. The van der Waals surface area contributed by atoms with Crippen molar-refractivity contribution in [2.45, 2.75) is 37.6 Å². The second-order valence-electron chi connectivity index (χ2n) is 6.00. The third-order valence-electron chi connectivity index (χ3n) is 4.55. The van der Waals surface area contributed by atoms with Gasteiger partial charge in [0, 0.05) is 12.5 Å². The SMILES string of the molecule is O=C(O)[C@H]1CCCCN1C(=O)[C@@H]1C[C@@H]1c1ccc(F)c(F)c1. The molecule has 1 aromatic carbocycles. The minimum Gasteiger partial charge on any atom is -0.480 e. The molecular weight excluding hydrogens is 292 g/mol. The fourth-order valence-corrected chi connectivity index (χ4v) is 3.24. The average Bonchev–Trinajstić information content (AvgIpc) is 3.30. The van der Waals surface area contributed by atoms with E-state index in [2.05, 4.69) is 0 Å². The Bertz CT molecular complexity index is 619. The number of likely N-dealkylation sites (tertiary alicyclic amines) is 1. The Labute approximate surface area is 126 Å². The van der Waals surface area contributed by atoms with E-state index in [0.717, 1.165) is 25.0 Å². The Kier molecular flexibility index (Phi) is 3.85. The van der Waals surface area contributed by atoms with Crippen LogP contribution in [0.4, 0.5) is 8.78 Å². The molecule has 0 spiro atoms. The summed E-state index contributed by atoms with van der Waals surface area (Å²) < 4.78 is 26.2. The maximum atomic E-state index is 13.3. The van der Waals surface area contributed by atoms with Gasteiger partial charge in [-0.05, 0) is 49.3 Å². The summed E-state index contributed by atoms with van der Waals surface area (Å²) in [5.74, 6) is -3.44. The molecule has 1 aromatic rings. The van der Waals surface area contributed by atoms with Gasteiger partial charge in [-0.1, -0.05) is 6.07 Å². The first kappa shape index (κ1) is 14.9. The number of carboxylic acids is 1. The lowest BCUT2D eigenvalue weighted by Crippen LogP contribution is -2.48. The number of aliphatic carboxylic acids is 1. The number of nitrogens with zero attached hydrogens (tertiary/aromatic N) is 1. The quantitative estimate of drug-likeness (QED) is 0.933. The second kappa shape index (κ2) is 5.66. The molecule has 1 saturated carbocycles. The fraction of sp³-hybridized carbons (Fsp3) is 0.500. The zero-order valence-corrected chi connectivity index (χ0v) is 12.0. The van der Waals surface area contributed by atoms with Crippen molar-refractivity contribution in [2.75, 3.05) is 6.54 Å². The molecule has 1 aliphatic heterocycles. The molecule has 1 aliphatic carbocycles. The summed E-state index contributed by atoms with van der Waals surface area (Å²) in [7, 11) is 0. The smallest absolute Gasteiger partial charge is 0.326 e. The molecule has 0 radical (unpaired) electrons. The summed E-state index contributed by atoms with van der Waals surface area (Å²) in [6.07, 6.45) is 2.65. The Morgan fingerprint density at radius 2 is 1.95 bits per heavy atom. The lowest BCUT2D eigenvalue weighted by molar-refractivity contribution is -0.152. The van der Waals surface area contributed by atoms with Gasteiger partial charge in [-0.2, -0.15) is 0 Å². The summed E-state index contributed by atoms with van der Waals surface area (Å²) in [6.45, 7) is 0.455. The average molecular weight is 309 g/mol. The van der Waals surface area contributed by atoms with Crippen LogP contribution in [-0.2, 0) is 9.59 Å². The first-order valence-corrected chi connectivity index (χ1v) is 7.47. The number of halogens is 2. The lowest BCUT2D eigenvalue weighted by atomic mass is 10.0. The van der Waals surface area contributed by atoms with Crippen molar-refractivity contribution in [1.82, 2.24) is 4.90 Å². The van der Waals surface area contributed by atoms with E-state index in [9.17, 15) is 23.5 Å². The number of benzene rings is 1. The fourth-order valence-electron chi connectivity index (χ4n) is 3.24. The van der Waals surface area contributed by atoms with Crippen LogP contribution in [0, 0.1) is 17.6 Å². The van der Waals surface area contributed by atoms with E-state index in [0.29, 0.717) is 24.9 Å². The van der Waals surface area contributed by atoms with Gasteiger partial charge in [-0.3, -0.25) is 4.79 Å². The van der Waals surface area contributed by atoms with E-state index in [1.807, 2.05) is 0 Å². The van der Waals surface area contributed by atoms with Crippen LogP contribution in [0.25, 0.3) is 0 Å². The van der Waals surface area contributed by atoms with Crippen molar-refractivity contribution in [3.8, 4) is 0 Å². The molecule has 0 unspecified atom stereocenters. The van der Waals surface area contributed by atoms with Gasteiger partial charge in [0.15, 0.2) is 11.6 Å². The Balaban J connectivity index is 1.71. The highest BCUT2D eigenvalue weighted by Gasteiger charge is 2.48. The number of hydrogen-bond donors (Lipinski definition) is 1. The number of amides is 1. The summed E-state index contributed by atoms with van der Waals surface area (Å²) >= 11 is 0. The van der Waals surface area contributed by atoms with E-state index in [4.69, 9.17) is 0 Å². The van der Waals surface area contributed by atoms with Crippen molar-refractivity contribution in [3.63, 3.8) is 0 Å². The summed E-state index contributed by atoms with van der Waals surface area (Å²) in [5, 5.41) is 9.22. The third kappa shape index (κ3) is 2.69. The van der Waals surface area contributed by atoms with E-state index in [1.54, 1.807) is 0 Å². The number of rotatable bonds is 3. The van der Waals surface area contributed by atoms with Crippen LogP contribution in [0.3, 0.4) is 0 Å². The van der Waals surface area contributed by atoms with Crippen molar-refractivity contribution >= 4 is 11.9 Å². The Hall–Kier alpha value is -1.98. The first-order chi connectivity index (χ1) is 10.5. The van der Waals surface area contributed by atoms with Gasteiger partial charge in [0.25, 0.3) is 0 Å². The zero-order chi connectivity index (χ0) is 15.9.